The van der Waals surface area contributed by atoms with E-state index in [-0.39, 0.29) is 23.3 Å². The van der Waals surface area contributed by atoms with Crippen LogP contribution in [0.15, 0.2) is 53.0 Å². The summed E-state index contributed by atoms with van der Waals surface area (Å²) in [5, 5.41) is 34.8. The van der Waals surface area contributed by atoms with Crippen molar-refractivity contribution in [1.29, 1.82) is 0 Å². The predicted octanol–water partition coefficient (Wildman–Crippen LogP) is 1.83. The Morgan fingerprint density at radius 1 is 1.16 bits per heavy atom. The van der Waals surface area contributed by atoms with Crippen molar-refractivity contribution >= 4 is 43.5 Å². The zero-order valence-corrected chi connectivity index (χ0v) is 25.3. The van der Waals surface area contributed by atoms with Crippen molar-refractivity contribution in [3.05, 3.63) is 59.9 Å². The molecule has 3 atom stereocenters. The molecule has 5 N–H and O–H groups in total. The maximum atomic E-state index is 13.3. The van der Waals surface area contributed by atoms with Crippen LogP contribution in [0.1, 0.15) is 31.1 Å². The number of carboxylic acid groups (broad SMARTS) is 1. The number of carbonyl (C=O) groups excluding carboxylic acids is 1. The van der Waals surface area contributed by atoms with Gasteiger partial charge in [-0.25, -0.2) is 32.4 Å². The van der Waals surface area contributed by atoms with Gasteiger partial charge in [-0.2, -0.15) is 0 Å². The molecule has 1 amide bonds. The van der Waals surface area contributed by atoms with E-state index < -0.39 is 53.4 Å². The lowest BCUT2D eigenvalue weighted by Gasteiger charge is -2.23. The molecule has 0 spiro atoms. The maximum Gasteiger partial charge on any atom is 0.326 e. The number of hydrogen-bond donors (Lipinski definition) is 4. The molecule has 0 saturated carbocycles. The third-order valence-electron chi connectivity index (χ3n) is 6.37. The number of hydrogen-bond acceptors (Lipinski definition) is 11. The third-order valence-corrected chi connectivity index (χ3v) is 8.71. The summed E-state index contributed by atoms with van der Waals surface area (Å²) in [7, 11) is -3.93. The number of alkyl halides is 1. The molecule has 2 aromatic heterocycles. The number of fused-ring (bicyclic) bond motifs is 1. The zero-order valence-electron chi connectivity index (χ0n) is 23.7. The van der Waals surface area contributed by atoms with Gasteiger partial charge in [-0.15, -0.1) is 16.4 Å². The first kappa shape index (κ1) is 32.7. The first-order valence-electron chi connectivity index (χ1n) is 13.3. The molecule has 0 aliphatic rings. The smallest absolute Gasteiger partial charge is 0.326 e. The third kappa shape index (κ3) is 8.25. The largest absolute Gasteiger partial charge is 0.487 e. The fourth-order valence-corrected chi connectivity index (χ4v) is 5.89. The van der Waals surface area contributed by atoms with Gasteiger partial charge < -0.3 is 25.0 Å². The van der Waals surface area contributed by atoms with Crippen LogP contribution < -0.4 is 19.9 Å². The van der Waals surface area contributed by atoms with Crippen molar-refractivity contribution in [3.8, 4) is 11.5 Å². The number of carboxylic acids is 1. The van der Waals surface area contributed by atoms with Crippen LogP contribution in [0.25, 0.3) is 10.2 Å². The molecule has 0 fully saturated rings. The maximum absolute atomic E-state index is 13.3. The molecule has 4 rings (SSSR count). The topological polar surface area (TPSA) is 209 Å². The summed E-state index contributed by atoms with van der Waals surface area (Å²) in [5.41, 5.74) is 1.44. The monoisotopic (exact) mass is 650 g/mol. The van der Waals surface area contributed by atoms with Gasteiger partial charge >= 0.3 is 5.97 Å². The van der Waals surface area contributed by atoms with Crippen LogP contribution in [-0.2, 0) is 32.6 Å². The molecule has 0 radical (unpaired) electrons. The number of thiazole rings is 1. The van der Waals surface area contributed by atoms with Crippen LogP contribution in [0.2, 0.25) is 0 Å². The Morgan fingerprint density at radius 3 is 2.48 bits per heavy atom. The Hall–Kier alpha value is -4.19. The number of nitrogens with zero attached hydrogens (tertiary/aromatic N) is 4. The number of primary sulfonamides is 1. The highest BCUT2D eigenvalue weighted by Gasteiger charge is 2.30. The Bertz CT molecular complexity index is 1710. The molecule has 4 aromatic rings. The average Bonchev–Trinajstić information content (AvgIpc) is 3.62. The average molecular weight is 651 g/mol. The van der Waals surface area contributed by atoms with E-state index >= 15 is 0 Å². The minimum absolute atomic E-state index is 0.0133. The molecule has 44 heavy (non-hydrogen) atoms. The van der Waals surface area contributed by atoms with Crippen LogP contribution in [0.5, 0.6) is 11.5 Å². The lowest BCUT2D eigenvalue weighted by molar-refractivity contribution is -0.142. The van der Waals surface area contributed by atoms with Crippen LogP contribution in [0.3, 0.4) is 0 Å². The van der Waals surface area contributed by atoms with Gasteiger partial charge in [0, 0.05) is 6.42 Å². The van der Waals surface area contributed by atoms with Crippen LogP contribution in [0, 0.1) is 5.92 Å². The highest BCUT2D eigenvalue weighted by molar-refractivity contribution is 7.91. The highest BCUT2D eigenvalue weighted by Crippen LogP contribution is 2.28. The first-order valence-corrected chi connectivity index (χ1v) is 15.7. The van der Waals surface area contributed by atoms with Gasteiger partial charge in [0.15, 0.2) is 0 Å². The number of ether oxygens (including phenoxy) is 2. The number of carbonyl (C=O) groups is 2. The number of halogens is 1. The molecule has 0 aliphatic heterocycles. The number of rotatable bonds is 15. The number of aliphatic hydroxyl groups excluding tert-OH is 1. The quantitative estimate of drug-likeness (QED) is 0.146. The summed E-state index contributed by atoms with van der Waals surface area (Å²) < 4.78 is 48.8. The molecule has 2 heterocycles. The number of aromatic nitrogens is 4. The van der Waals surface area contributed by atoms with E-state index in [9.17, 15) is 27.5 Å². The summed E-state index contributed by atoms with van der Waals surface area (Å²) in [4.78, 5) is 29.3. The second kappa shape index (κ2) is 14.1. The number of amides is 1. The number of benzene rings is 2. The van der Waals surface area contributed by atoms with Crippen molar-refractivity contribution in [1.82, 2.24) is 25.3 Å². The molecular formula is C27H31FN6O8S2. The van der Waals surface area contributed by atoms with Gasteiger partial charge in [0.2, 0.25) is 10.2 Å². The van der Waals surface area contributed by atoms with E-state index in [1.807, 2.05) is 0 Å². The molecular weight excluding hydrogens is 619 g/mol. The Morgan fingerprint density at radius 2 is 1.86 bits per heavy atom. The highest BCUT2D eigenvalue weighted by atomic mass is 32.2. The SMILES string of the molecule is CC(C)C(C(=O)N[C@@H](Cc1ccc(OC(CO)CF)cc1)C(=O)O)n1cc(COc2ccc3nc(S(N)(=O)=O)sc3c2)nn1. The predicted molar refractivity (Wildman–Crippen MR) is 156 cm³/mol. The van der Waals surface area contributed by atoms with Gasteiger partial charge in [-0.3, -0.25) is 4.79 Å². The van der Waals surface area contributed by atoms with Crippen molar-refractivity contribution < 1.29 is 42.1 Å². The Balaban J connectivity index is 1.40. The zero-order chi connectivity index (χ0) is 32.0. The van der Waals surface area contributed by atoms with E-state index in [1.165, 1.54) is 23.0 Å². The Labute approximate surface area is 255 Å². The van der Waals surface area contributed by atoms with Crippen LogP contribution in [-0.4, -0.2) is 75.9 Å². The number of sulfonamides is 1. The molecule has 0 saturated heterocycles. The summed E-state index contributed by atoms with van der Waals surface area (Å²) in [6.07, 6.45) is 0.503. The van der Waals surface area contributed by atoms with Crippen molar-refractivity contribution in [2.45, 2.75) is 49.4 Å². The molecule has 14 nitrogen and oxygen atoms in total. The van der Waals surface area contributed by atoms with E-state index in [1.54, 1.807) is 44.2 Å². The molecule has 0 bridgehead atoms. The summed E-state index contributed by atoms with van der Waals surface area (Å²) in [6, 6.07) is 8.96. The van der Waals surface area contributed by atoms with Gasteiger partial charge in [-0.05, 0) is 41.8 Å². The Kier molecular flexibility index (Phi) is 10.5. The van der Waals surface area contributed by atoms with Gasteiger partial charge in [-0.1, -0.05) is 31.2 Å². The van der Waals surface area contributed by atoms with E-state index in [4.69, 9.17) is 19.7 Å². The van der Waals surface area contributed by atoms with Crippen molar-refractivity contribution in [2.24, 2.45) is 11.1 Å². The summed E-state index contributed by atoms with van der Waals surface area (Å²) >= 11 is 0.917. The molecule has 2 unspecified atom stereocenters. The summed E-state index contributed by atoms with van der Waals surface area (Å²) in [6.45, 7) is 2.21. The van der Waals surface area contributed by atoms with E-state index in [0.717, 1.165) is 11.3 Å². The lowest BCUT2D eigenvalue weighted by Crippen LogP contribution is -2.46. The van der Waals surface area contributed by atoms with E-state index in [0.29, 0.717) is 33.0 Å². The number of nitrogens with one attached hydrogen (secondary N) is 1. The minimum Gasteiger partial charge on any atom is -0.487 e. The summed E-state index contributed by atoms with van der Waals surface area (Å²) in [5.74, 6) is -1.35. The molecule has 17 heteroatoms. The first-order chi connectivity index (χ1) is 20.9. The second-order valence-electron chi connectivity index (χ2n) is 10.1. The molecule has 2 aromatic carbocycles. The van der Waals surface area contributed by atoms with Crippen LogP contribution in [0.4, 0.5) is 4.39 Å². The normalized spacial score (nSPS) is 13.9. The lowest BCUT2D eigenvalue weighted by atomic mass is 10.0. The molecule has 0 aliphatic carbocycles. The van der Waals surface area contributed by atoms with Crippen molar-refractivity contribution in [3.63, 3.8) is 0 Å². The minimum atomic E-state index is -3.93. The van der Waals surface area contributed by atoms with Gasteiger partial charge in [0.1, 0.15) is 48.7 Å². The van der Waals surface area contributed by atoms with Gasteiger partial charge in [0.25, 0.3) is 10.0 Å². The number of nitrogens with two attached hydrogens (primary N) is 1. The van der Waals surface area contributed by atoms with E-state index in [2.05, 4.69) is 20.6 Å². The fourth-order valence-electron chi connectivity index (χ4n) is 4.20. The second-order valence-corrected chi connectivity index (χ2v) is 12.9. The number of aliphatic hydroxyl groups is 1. The fraction of sp³-hybridized carbons (Fsp3) is 0.370. The van der Waals surface area contributed by atoms with Gasteiger partial charge in [0.05, 0.1) is 23.0 Å². The molecule has 236 valence electrons. The van der Waals surface area contributed by atoms with Crippen LogP contribution >= 0.6 is 11.3 Å². The van der Waals surface area contributed by atoms with Crippen molar-refractivity contribution in [2.75, 3.05) is 13.3 Å². The standard InChI is InChI=1S/C27H31FN6O8S2/c1-15(2)24(25(36)30-22(26(37)38)9-16-3-5-18(6-4-16)42-20(11-28)13-35)34-12-17(32-33-34)14-41-19-7-8-21-23(10-19)43-27(31-21)44(29,39)40/h3-8,10,12,15,20,22,24,35H,9,11,13-14H2,1-2H3,(H,30,36)(H,37,38)(H2,29,39,40)/t20?,22-,24?/m0/s1. The number of aliphatic carboxylic acids is 1.